The van der Waals surface area contributed by atoms with Gasteiger partial charge in [-0.1, -0.05) is 6.07 Å². The van der Waals surface area contributed by atoms with E-state index in [1.165, 1.54) is 0 Å². The first-order chi connectivity index (χ1) is 9.55. The van der Waals surface area contributed by atoms with Crippen LogP contribution >= 0.6 is 0 Å². The number of methoxy groups -OCH3 is 2. The van der Waals surface area contributed by atoms with Crippen LogP contribution in [0.25, 0.3) is 0 Å². The van der Waals surface area contributed by atoms with Gasteiger partial charge in [0.15, 0.2) is 11.5 Å². The van der Waals surface area contributed by atoms with E-state index in [4.69, 9.17) is 9.47 Å². The van der Waals surface area contributed by atoms with Gasteiger partial charge in [0, 0.05) is 0 Å². The molecule has 2 amide bonds. The SMILES string of the molecule is COc1ccc(C(C)N=C2NC(=O)C(=O)N2)cc1OC. The largest absolute Gasteiger partial charge is 0.493 e. The molecule has 0 saturated carbocycles. The van der Waals surface area contributed by atoms with Crippen LogP contribution in [-0.4, -0.2) is 32.0 Å². The first-order valence-electron chi connectivity index (χ1n) is 5.97. The van der Waals surface area contributed by atoms with Crippen molar-refractivity contribution in [3.63, 3.8) is 0 Å². The fourth-order valence-electron chi connectivity index (χ4n) is 1.81. The molecule has 20 heavy (non-hydrogen) atoms. The predicted molar refractivity (Wildman–Crippen MR) is 71.7 cm³/mol. The second kappa shape index (κ2) is 5.60. The number of carbonyl (C=O) groups excluding carboxylic acids is 2. The smallest absolute Gasteiger partial charge is 0.316 e. The van der Waals surface area contributed by atoms with Crippen molar-refractivity contribution in [1.29, 1.82) is 0 Å². The Morgan fingerprint density at radius 1 is 1.05 bits per heavy atom. The molecule has 1 unspecified atom stereocenters. The Hall–Kier alpha value is -2.57. The van der Waals surface area contributed by atoms with E-state index < -0.39 is 11.8 Å². The highest BCUT2D eigenvalue weighted by atomic mass is 16.5. The molecule has 1 aliphatic rings. The average Bonchev–Trinajstić information content (AvgIpc) is 2.76. The number of hydrogen-bond acceptors (Lipinski definition) is 5. The molecule has 0 bridgehead atoms. The maximum Gasteiger partial charge on any atom is 0.316 e. The number of rotatable bonds is 4. The van der Waals surface area contributed by atoms with Gasteiger partial charge in [0.2, 0.25) is 5.96 Å². The van der Waals surface area contributed by atoms with Crippen molar-refractivity contribution < 1.29 is 19.1 Å². The first-order valence-corrected chi connectivity index (χ1v) is 5.97. The molecule has 0 aliphatic carbocycles. The highest BCUT2D eigenvalue weighted by Crippen LogP contribution is 2.30. The number of nitrogens with one attached hydrogen (secondary N) is 2. The molecule has 0 aromatic heterocycles. The second-order valence-corrected chi connectivity index (χ2v) is 4.18. The Kier molecular flexibility index (Phi) is 3.88. The van der Waals surface area contributed by atoms with E-state index in [1.807, 2.05) is 13.0 Å². The van der Waals surface area contributed by atoms with Gasteiger partial charge < -0.3 is 9.47 Å². The lowest BCUT2D eigenvalue weighted by atomic mass is 10.1. The van der Waals surface area contributed by atoms with Gasteiger partial charge in [0.25, 0.3) is 0 Å². The molecule has 106 valence electrons. The number of carbonyl (C=O) groups is 2. The summed E-state index contributed by atoms with van der Waals surface area (Å²) < 4.78 is 10.4. The number of aliphatic imine (C=N–C) groups is 1. The van der Waals surface area contributed by atoms with Crippen LogP contribution in [0.4, 0.5) is 0 Å². The molecule has 1 saturated heterocycles. The van der Waals surface area contributed by atoms with E-state index >= 15 is 0 Å². The summed E-state index contributed by atoms with van der Waals surface area (Å²) in [6, 6.07) is 5.15. The van der Waals surface area contributed by atoms with Crippen molar-refractivity contribution in [2.45, 2.75) is 13.0 Å². The van der Waals surface area contributed by atoms with Crippen LogP contribution in [0.2, 0.25) is 0 Å². The summed E-state index contributed by atoms with van der Waals surface area (Å²) in [5.74, 6) is -0.0380. The van der Waals surface area contributed by atoms with E-state index in [9.17, 15) is 9.59 Å². The van der Waals surface area contributed by atoms with E-state index in [1.54, 1.807) is 26.4 Å². The molecule has 7 nitrogen and oxygen atoms in total. The van der Waals surface area contributed by atoms with Crippen molar-refractivity contribution in [3.05, 3.63) is 23.8 Å². The molecule has 1 atom stereocenters. The topological polar surface area (TPSA) is 89.0 Å². The summed E-state index contributed by atoms with van der Waals surface area (Å²) in [4.78, 5) is 26.3. The van der Waals surface area contributed by atoms with Crippen LogP contribution in [0.3, 0.4) is 0 Å². The Labute approximate surface area is 116 Å². The van der Waals surface area contributed by atoms with Gasteiger partial charge in [-0.25, -0.2) is 4.99 Å². The summed E-state index contributed by atoms with van der Waals surface area (Å²) in [6.45, 7) is 1.84. The van der Waals surface area contributed by atoms with Gasteiger partial charge in [0.1, 0.15) is 0 Å². The van der Waals surface area contributed by atoms with E-state index in [-0.39, 0.29) is 12.0 Å². The van der Waals surface area contributed by atoms with E-state index in [0.29, 0.717) is 11.5 Å². The number of hydrogen-bond donors (Lipinski definition) is 2. The summed E-state index contributed by atoms with van der Waals surface area (Å²) in [5.41, 5.74) is 0.866. The Morgan fingerprint density at radius 2 is 1.65 bits per heavy atom. The maximum absolute atomic E-state index is 11.0. The number of guanidine groups is 1. The molecule has 1 heterocycles. The second-order valence-electron chi connectivity index (χ2n) is 4.18. The minimum absolute atomic E-state index is 0.155. The van der Waals surface area contributed by atoms with E-state index in [2.05, 4.69) is 15.6 Å². The number of nitrogens with zero attached hydrogens (tertiary/aromatic N) is 1. The average molecular weight is 277 g/mol. The molecule has 2 rings (SSSR count). The highest BCUT2D eigenvalue weighted by molar-refractivity contribution is 6.45. The normalized spacial score (nSPS) is 15.4. The lowest BCUT2D eigenvalue weighted by Crippen LogP contribution is -2.26. The van der Waals surface area contributed by atoms with Crippen LogP contribution in [-0.2, 0) is 9.59 Å². The van der Waals surface area contributed by atoms with Crippen molar-refractivity contribution in [3.8, 4) is 11.5 Å². The monoisotopic (exact) mass is 277 g/mol. The standard InChI is InChI=1S/C13H15N3O4/c1-7(14-13-15-11(17)12(18)16-13)8-4-5-9(19-2)10(6-8)20-3/h4-7H,1-3H3,(H2,14,15,16,17,18). The van der Waals surface area contributed by atoms with Gasteiger partial charge in [-0.15, -0.1) is 0 Å². The maximum atomic E-state index is 11.0. The summed E-state index contributed by atoms with van der Waals surface area (Å²) in [5, 5.41) is 4.70. The molecule has 1 fully saturated rings. The minimum Gasteiger partial charge on any atom is -0.493 e. The molecule has 0 radical (unpaired) electrons. The van der Waals surface area contributed by atoms with Gasteiger partial charge in [-0.3, -0.25) is 20.2 Å². The summed E-state index contributed by atoms with van der Waals surface area (Å²) in [6.07, 6.45) is 0. The number of ether oxygens (including phenoxy) is 2. The molecular weight excluding hydrogens is 262 g/mol. The van der Waals surface area contributed by atoms with Crippen LogP contribution in [0, 0.1) is 0 Å². The molecule has 2 N–H and O–H groups in total. The first kappa shape index (κ1) is 13.9. The lowest BCUT2D eigenvalue weighted by molar-refractivity contribution is -0.135. The van der Waals surface area contributed by atoms with Gasteiger partial charge in [-0.05, 0) is 24.6 Å². The fourth-order valence-corrected chi connectivity index (χ4v) is 1.81. The van der Waals surface area contributed by atoms with Gasteiger partial charge in [0.05, 0.1) is 20.3 Å². The Morgan fingerprint density at radius 3 is 2.20 bits per heavy atom. The highest BCUT2D eigenvalue weighted by Gasteiger charge is 2.25. The minimum atomic E-state index is -0.705. The molecular formula is C13H15N3O4. The lowest BCUT2D eigenvalue weighted by Gasteiger charge is -2.12. The Bertz CT molecular complexity index is 565. The van der Waals surface area contributed by atoms with Crippen molar-refractivity contribution in [1.82, 2.24) is 10.6 Å². The third kappa shape index (κ3) is 2.71. The summed E-state index contributed by atoms with van der Waals surface area (Å²) >= 11 is 0. The van der Waals surface area contributed by atoms with Gasteiger partial charge >= 0.3 is 11.8 Å². The van der Waals surface area contributed by atoms with Crippen LogP contribution in [0.5, 0.6) is 11.5 Å². The fraction of sp³-hybridized carbons (Fsp3) is 0.308. The molecule has 0 spiro atoms. The number of benzene rings is 1. The zero-order valence-corrected chi connectivity index (χ0v) is 11.4. The molecule has 1 aliphatic heterocycles. The predicted octanol–water partition coefficient (Wildman–Crippen LogP) is 0.367. The van der Waals surface area contributed by atoms with Crippen molar-refractivity contribution in [2.24, 2.45) is 4.99 Å². The molecule has 1 aromatic rings. The third-order valence-corrected chi connectivity index (χ3v) is 2.88. The van der Waals surface area contributed by atoms with Crippen LogP contribution < -0.4 is 20.1 Å². The van der Waals surface area contributed by atoms with Crippen molar-refractivity contribution >= 4 is 17.8 Å². The summed E-state index contributed by atoms with van der Waals surface area (Å²) in [7, 11) is 3.11. The van der Waals surface area contributed by atoms with Crippen LogP contribution in [0.15, 0.2) is 23.2 Å². The molecule has 1 aromatic carbocycles. The van der Waals surface area contributed by atoms with E-state index in [0.717, 1.165) is 5.56 Å². The zero-order valence-electron chi connectivity index (χ0n) is 11.4. The van der Waals surface area contributed by atoms with Gasteiger partial charge in [-0.2, -0.15) is 0 Å². The number of amides is 2. The zero-order chi connectivity index (χ0) is 14.7. The molecule has 7 heteroatoms. The Balaban J connectivity index is 2.21. The van der Waals surface area contributed by atoms with Crippen LogP contribution in [0.1, 0.15) is 18.5 Å². The third-order valence-electron chi connectivity index (χ3n) is 2.88. The van der Waals surface area contributed by atoms with Crippen molar-refractivity contribution in [2.75, 3.05) is 14.2 Å². The quantitative estimate of drug-likeness (QED) is 0.778.